The molecule has 0 aliphatic carbocycles. The molecular formula is C28H33N5O5S. The number of nitrogens with one attached hydrogen (secondary N) is 4. The summed E-state index contributed by atoms with van der Waals surface area (Å²) in [4.78, 5) is 26.1. The minimum atomic E-state index is -3.95. The van der Waals surface area contributed by atoms with Crippen LogP contribution in [0.25, 0.3) is 0 Å². The number of amidine groups is 1. The van der Waals surface area contributed by atoms with Crippen molar-refractivity contribution in [1.82, 2.24) is 15.4 Å². The summed E-state index contributed by atoms with van der Waals surface area (Å²) in [5.41, 5.74) is 8.29. The Labute approximate surface area is 228 Å². The summed E-state index contributed by atoms with van der Waals surface area (Å²) < 4.78 is 27.5. The summed E-state index contributed by atoms with van der Waals surface area (Å²) in [7, 11) is -3.95. The van der Waals surface area contributed by atoms with Crippen molar-refractivity contribution in [3.8, 4) is 0 Å². The SMILES string of the molecule is N=C(N)c1ccc(CNC(=O)C(CCc2ccccc2)NC(=O)C(CO)NS(=O)(=O)Cc2ccccc2)cc1. The first-order chi connectivity index (χ1) is 18.7. The Hall–Kier alpha value is -4.06. The molecule has 0 fully saturated rings. The van der Waals surface area contributed by atoms with Crippen molar-refractivity contribution >= 4 is 27.7 Å². The molecule has 3 aromatic rings. The van der Waals surface area contributed by atoms with Gasteiger partial charge in [0.25, 0.3) is 0 Å². The van der Waals surface area contributed by atoms with E-state index in [1.165, 1.54) is 0 Å². The maximum absolute atomic E-state index is 13.1. The zero-order valence-electron chi connectivity index (χ0n) is 21.3. The number of nitrogens with two attached hydrogens (primary N) is 1. The first-order valence-corrected chi connectivity index (χ1v) is 14.0. The topological polar surface area (TPSA) is 174 Å². The number of rotatable bonds is 14. The number of sulfonamides is 1. The van der Waals surface area contributed by atoms with E-state index < -0.39 is 40.5 Å². The van der Waals surface area contributed by atoms with Crippen LogP contribution < -0.4 is 21.1 Å². The molecule has 3 aromatic carbocycles. The second-order valence-electron chi connectivity index (χ2n) is 9.01. The van der Waals surface area contributed by atoms with Crippen LogP contribution in [-0.2, 0) is 38.3 Å². The number of aryl methyl sites for hydroxylation is 1. The Bertz CT molecular complexity index is 1350. The monoisotopic (exact) mass is 551 g/mol. The van der Waals surface area contributed by atoms with Gasteiger partial charge in [-0.1, -0.05) is 84.9 Å². The van der Waals surface area contributed by atoms with Gasteiger partial charge < -0.3 is 21.5 Å². The summed E-state index contributed by atoms with van der Waals surface area (Å²) >= 11 is 0. The molecule has 2 amide bonds. The van der Waals surface area contributed by atoms with Gasteiger partial charge in [0.05, 0.1) is 12.4 Å². The minimum absolute atomic E-state index is 0.0629. The van der Waals surface area contributed by atoms with Gasteiger partial charge in [0.1, 0.15) is 17.9 Å². The molecule has 0 aliphatic rings. The molecule has 0 radical (unpaired) electrons. The average molecular weight is 552 g/mol. The number of nitrogen functional groups attached to an aromatic ring is 1. The van der Waals surface area contributed by atoms with E-state index in [1.54, 1.807) is 54.6 Å². The van der Waals surface area contributed by atoms with Crippen LogP contribution in [0, 0.1) is 5.41 Å². The molecule has 2 unspecified atom stereocenters. The lowest BCUT2D eigenvalue weighted by Gasteiger charge is -2.22. The second-order valence-corrected chi connectivity index (χ2v) is 10.8. The van der Waals surface area contributed by atoms with Crippen molar-refractivity contribution in [2.75, 3.05) is 6.61 Å². The molecule has 0 bridgehead atoms. The molecule has 0 aliphatic heterocycles. The van der Waals surface area contributed by atoms with Crippen LogP contribution in [0.15, 0.2) is 84.9 Å². The first kappa shape index (κ1) is 29.5. The molecule has 0 spiro atoms. The molecule has 0 saturated carbocycles. The highest BCUT2D eigenvalue weighted by Gasteiger charge is 2.28. The summed E-state index contributed by atoms with van der Waals surface area (Å²) in [6.45, 7) is -0.614. The van der Waals surface area contributed by atoms with Gasteiger partial charge in [-0.15, -0.1) is 0 Å². The number of benzene rings is 3. The van der Waals surface area contributed by atoms with Gasteiger partial charge in [-0.2, -0.15) is 0 Å². The molecule has 11 heteroatoms. The van der Waals surface area contributed by atoms with Crippen LogP contribution in [0.2, 0.25) is 0 Å². The molecule has 0 heterocycles. The number of hydrogen-bond acceptors (Lipinski definition) is 6. The molecule has 7 N–H and O–H groups in total. The van der Waals surface area contributed by atoms with Crippen LogP contribution in [0.4, 0.5) is 0 Å². The third-order valence-corrected chi connectivity index (χ3v) is 7.31. The smallest absolute Gasteiger partial charge is 0.242 e. The Morgan fingerprint density at radius 1 is 0.821 bits per heavy atom. The Balaban J connectivity index is 1.67. The fraction of sp³-hybridized carbons (Fsp3) is 0.250. The number of amides is 2. The fourth-order valence-corrected chi connectivity index (χ4v) is 5.17. The first-order valence-electron chi connectivity index (χ1n) is 12.4. The molecule has 0 aromatic heterocycles. The molecule has 10 nitrogen and oxygen atoms in total. The number of aliphatic hydroxyl groups excluding tert-OH is 1. The van der Waals surface area contributed by atoms with Crippen molar-refractivity contribution in [2.24, 2.45) is 5.73 Å². The highest BCUT2D eigenvalue weighted by atomic mass is 32.2. The molecule has 3 rings (SSSR count). The van der Waals surface area contributed by atoms with Crippen LogP contribution in [0.3, 0.4) is 0 Å². The van der Waals surface area contributed by atoms with Crippen molar-refractivity contribution in [3.05, 3.63) is 107 Å². The van der Waals surface area contributed by atoms with Gasteiger partial charge in [-0.3, -0.25) is 15.0 Å². The van der Waals surface area contributed by atoms with E-state index >= 15 is 0 Å². The third kappa shape index (κ3) is 9.64. The van der Waals surface area contributed by atoms with E-state index in [9.17, 15) is 23.1 Å². The zero-order chi connectivity index (χ0) is 28.3. The standard InChI is InChI=1S/C28H33N5O5S/c29-26(30)23-14-11-21(12-15-23)17-31-27(35)24(16-13-20-7-3-1-4-8-20)32-28(36)25(18-34)33-39(37,38)19-22-9-5-2-6-10-22/h1-12,14-15,24-25,33-34H,13,16-19H2,(H3,29,30)(H,31,35)(H,32,36). The van der Waals surface area contributed by atoms with E-state index in [0.29, 0.717) is 17.5 Å². The highest BCUT2D eigenvalue weighted by molar-refractivity contribution is 7.88. The van der Waals surface area contributed by atoms with Gasteiger partial charge >= 0.3 is 0 Å². The van der Waals surface area contributed by atoms with Crippen LogP contribution in [-0.4, -0.2) is 49.9 Å². The van der Waals surface area contributed by atoms with Crippen LogP contribution in [0.1, 0.15) is 28.7 Å². The van der Waals surface area contributed by atoms with Crippen molar-refractivity contribution in [3.63, 3.8) is 0 Å². The normalized spacial score (nSPS) is 12.7. The molecular weight excluding hydrogens is 518 g/mol. The predicted molar refractivity (Wildman–Crippen MR) is 149 cm³/mol. The third-order valence-electron chi connectivity index (χ3n) is 5.95. The molecule has 206 valence electrons. The average Bonchev–Trinajstić information content (AvgIpc) is 2.93. The Kier molecular flexibility index (Phi) is 10.7. The lowest BCUT2D eigenvalue weighted by molar-refractivity contribution is -0.130. The number of hydrogen-bond donors (Lipinski definition) is 6. The van der Waals surface area contributed by atoms with Gasteiger partial charge in [0, 0.05) is 12.1 Å². The van der Waals surface area contributed by atoms with E-state index in [2.05, 4.69) is 15.4 Å². The van der Waals surface area contributed by atoms with Crippen molar-refractivity contribution < 1.29 is 23.1 Å². The Morgan fingerprint density at radius 2 is 1.41 bits per heavy atom. The summed E-state index contributed by atoms with van der Waals surface area (Å²) in [6.07, 6.45) is 0.732. The van der Waals surface area contributed by atoms with E-state index in [1.807, 2.05) is 30.3 Å². The van der Waals surface area contributed by atoms with E-state index in [0.717, 1.165) is 11.1 Å². The number of aliphatic hydroxyl groups is 1. The van der Waals surface area contributed by atoms with Gasteiger partial charge in [0.15, 0.2) is 0 Å². The minimum Gasteiger partial charge on any atom is -0.394 e. The second kappa shape index (κ2) is 14.2. The fourth-order valence-electron chi connectivity index (χ4n) is 3.84. The lowest BCUT2D eigenvalue weighted by atomic mass is 10.0. The number of carbonyl (C=O) groups is 2. The number of carbonyl (C=O) groups excluding carboxylic acids is 2. The quantitative estimate of drug-likeness (QED) is 0.130. The van der Waals surface area contributed by atoms with Crippen LogP contribution in [0.5, 0.6) is 0 Å². The molecule has 0 saturated heterocycles. The predicted octanol–water partition coefficient (Wildman–Crippen LogP) is 1.18. The van der Waals surface area contributed by atoms with Gasteiger partial charge in [0.2, 0.25) is 21.8 Å². The maximum atomic E-state index is 13.1. The summed E-state index contributed by atoms with van der Waals surface area (Å²) in [5, 5.41) is 22.7. The largest absolute Gasteiger partial charge is 0.394 e. The van der Waals surface area contributed by atoms with Crippen molar-refractivity contribution in [2.45, 2.75) is 37.2 Å². The molecule has 2 atom stereocenters. The van der Waals surface area contributed by atoms with Gasteiger partial charge in [-0.05, 0) is 29.5 Å². The highest BCUT2D eigenvalue weighted by Crippen LogP contribution is 2.09. The van der Waals surface area contributed by atoms with E-state index in [4.69, 9.17) is 11.1 Å². The Morgan fingerprint density at radius 3 is 1.97 bits per heavy atom. The van der Waals surface area contributed by atoms with E-state index in [-0.39, 0.29) is 24.6 Å². The molecule has 39 heavy (non-hydrogen) atoms. The lowest BCUT2D eigenvalue weighted by Crippen LogP contribution is -2.55. The van der Waals surface area contributed by atoms with Crippen molar-refractivity contribution in [1.29, 1.82) is 5.41 Å². The van der Waals surface area contributed by atoms with Gasteiger partial charge in [-0.25, -0.2) is 13.1 Å². The van der Waals surface area contributed by atoms with Crippen LogP contribution >= 0.6 is 0 Å². The zero-order valence-corrected chi connectivity index (χ0v) is 22.2. The summed E-state index contributed by atoms with van der Waals surface area (Å²) in [5.74, 6) is -1.70. The summed E-state index contributed by atoms with van der Waals surface area (Å²) in [6, 6.07) is 22.2. The maximum Gasteiger partial charge on any atom is 0.242 e.